The van der Waals surface area contributed by atoms with E-state index in [4.69, 9.17) is 4.74 Å². The van der Waals surface area contributed by atoms with E-state index >= 15 is 0 Å². The van der Waals surface area contributed by atoms with E-state index in [9.17, 15) is 0 Å². The average Bonchev–Trinajstić information content (AvgIpc) is 2.28. The van der Waals surface area contributed by atoms with Crippen LogP contribution in [0.15, 0.2) is 18.5 Å². The van der Waals surface area contributed by atoms with Crippen molar-refractivity contribution < 1.29 is 4.74 Å². The van der Waals surface area contributed by atoms with Gasteiger partial charge in [-0.3, -0.25) is 4.98 Å². The molecule has 1 atom stereocenters. The maximum absolute atomic E-state index is 5.23. The molecule has 0 saturated carbocycles. The van der Waals surface area contributed by atoms with Crippen molar-refractivity contribution in [1.29, 1.82) is 0 Å². The highest BCUT2D eigenvalue weighted by Gasteiger charge is 2.26. The smallest absolute Gasteiger partial charge is 0.137 e. The monoisotopic (exact) mass is 236 g/mol. The predicted octanol–water partition coefficient (Wildman–Crippen LogP) is 3.18. The van der Waals surface area contributed by atoms with E-state index < -0.39 is 0 Å². The molecule has 0 spiro atoms. The van der Waals surface area contributed by atoms with E-state index in [2.05, 4.69) is 44.1 Å². The molecule has 3 nitrogen and oxygen atoms in total. The fraction of sp³-hybridized carbons (Fsp3) is 0.643. The van der Waals surface area contributed by atoms with Gasteiger partial charge in [-0.05, 0) is 30.0 Å². The van der Waals surface area contributed by atoms with Crippen molar-refractivity contribution >= 4 is 0 Å². The number of methoxy groups -OCH3 is 1. The van der Waals surface area contributed by atoms with Crippen LogP contribution in [-0.4, -0.2) is 18.6 Å². The molecule has 0 radical (unpaired) electrons. The molecule has 1 aromatic heterocycles. The number of nitrogens with zero attached hydrogens (tertiary/aromatic N) is 1. The summed E-state index contributed by atoms with van der Waals surface area (Å²) in [7, 11) is 1.67. The largest absolute Gasteiger partial charge is 0.495 e. The molecular weight excluding hydrogens is 212 g/mol. The SMILES string of the molecule is CCCNC(c1cncc(OC)c1)C(C)(C)C. The van der Waals surface area contributed by atoms with E-state index in [1.54, 1.807) is 13.3 Å². The minimum atomic E-state index is 0.156. The first-order valence-corrected chi connectivity index (χ1v) is 6.21. The van der Waals surface area contributed by atoms with Gasteiger partial charge in [0, 0.05) is 12.2 Å². The molecule has 0 aliphatic rings. The van der Waals surface area contributed by atoms with E-state index in [-0.39, 0.29) is 5.41 Å². The molecule has 0 amide bonds. The highest BCUT2D eigenvalue weighted by atomic mass is 16.5. The number of ether oxygens (including phenoxy) is 1. The second-order valence-corrected chi connectivity index (χ2v) is 5.41. The number of hydrogen-bond acceptors (Lipinski definition) is 3. The summed E-state index contributed by atoms with van der Waals surface area (Å²) >= 11 is 0. The molecule has 0 aliphatic heterocycles. The van der Waals surface area contributed by atoms with Crippen LogP contribution >= 0.6 is 0 Å². The van der Waals surface area contributed by atoms with Crippen LogP contribution in [0, 0.1) is 5.41 Å². The maximum Gasteiger partial charge on any atom is 0.137 e. The summed E-state index contributed by atoms with van der Waals surface area (Å²) < 4.78 is 5.23. The van der Waals surface area contributed by atoms with Gasteiger partial charge in [-0.1, -0.05) is 27.7 Å². The Morgan fingerprint density at radius 3 is 2.59 bits per heavy atom. The highest BCUT2D eigenvalue weighted by Crippen LogP contribution is 2.33. The Morgan fingerprint density at radius 2 is 2.06 bits per heavy atom. The second-order valence-electron chi connectivity index (χ2n) is 5.41. The third-order valence-corrected chi connectivity index (χ3v) is 2.77. The van der Waals surface area contributed by atoms with Gasteiger partial charge in [0.25, 0.3) is 0 Å². The Morgan fingerprint density at radius 1 is 1.35 bits per heavy atom. The summed E-state index contributed by atoms with van der Waals surface area (Å²) in [6, 6.07) is 2.36. The Labute approximate surface area is 105 Å². The van der Waals surface area contributed by atoms with Crippen LogP contribution in [0.1, 0.15) is 45.7 Å². The second kappa shape index (κ2) is 6.01. The zero-order valence-corrected chi connectivity index (χ0v) is 11.6. The minimum absolute atomic E-state index is 0.156. The Bertz CT molecular complexity index is 344. The lowest BCUT2D eigenvalue weighted by atomic mass is 9.83. The molecule has 0 aromatic carbocycles. The molecule has 1 aromatic rings. The third-order valence-electron chi connectivity index (χ3n) is 2.77. The van der Waals surface area contributed by atoms with E-state index in [0.717, 1.165) is 18.7 Å². The van der Waals surface area contributed by atoms with Gasteiger partial charge in [0.1, 0.15) is 5.75 Å². The number of pyridine rings is 1. The first kappa shape index (κ1) is 14.0. The molecule has 0 aliphatic carbocycles. The van der Waals surface area contributed by atoms with Crippen LogP contribution in [0.5, 0.6) is 5.75 Å². The van der Waals surface area contributed by atoms with Crippen molar-refractivity contribution in [2.45, 2.75) is 40.2 Å². The first-order valence-electron chi connectivity index (χ1n) is 6.21. The standard InChI is InChI=1S/C14H24N2O/c1-6-7-16-13(14(2,3)4)11-8-12(17-5)10-15-9-11/h8-10,13,16H,6-7H2,1-5H3. The molecule has 0 fully saturated rings. The van der Waals surface area contributed by atoms with Gasteiger partial charge in [0.05, 0.1) is 13.3 Å². The Hall–Kier alpha value is -1.09. The van der Waals surface area contributed by atoms with Crippen molar-refractivity contribution in [3.63, 3.8) is 0 Å². The number of aromatic nitrogens is 1. The lowest BCUT2D eigenvalue weighted by molar-refractivity contribution is 0.272. The molecule has 1 unspecified atom stereocenters. The summed E-state index contributed by atoms with van der Waals surface area (Å²) in [5.41, 5.74) is 1.34. The maximum atomic E-state index is 5.23. The van der Waals surface area contributed by atoms with Gasteiger partial charge in [0.2, 0.25) is 0 Å². The summed E-state index contributed by atoms with van der Waals surface area (Å²) in [6.45, 7) is 9.90. The van der Waals surface area contributed by atoms with Gasteiger partial charge >= 0.3 is 0 Å². The van der Waals surface area contributed by atoms with Crippen LogP contribution in [0.25, 0.3) is 0 Å². The quantitative estimate of drug-likeness (QED) is 0.852. The summed E-state index contributed by atoms with van der Waals surface area (Å²) in [5.74, 6) is 0.815. The minimum Gasteiger partial charge on any atom is -0.495 e. The van der Waals surface area contributed by atoms with Gasteiger partial charge in [0.15, 0.2) is 0 Å². The molecule has 1 N–H and O–H groups in total. The number of nitrogens with one attached hydrogen (secondary N) is 1. The molecule has 3 heteroatoms. The molecule has 96 valence electrons. The third kappa shape index (κ3) is 4.00. The van der Waals surface area contributed by atoms with Crippen LogP contribution < -0.4 is 10.1 Å². The van der Waals surface area contributed by atoms with E-state index in [1.165, 1.54) is 5.56 Å². The van der Waals surface area contributed by atoms with Gasteiger partial charge in [-0.15, -0.1) is 0 Å². The van der Waals surface area contributed by atoms with Crippen molar-refractivity contribution in [1.82, 2.24) is 10.3 Å². The summed E-state index contributed by atoms with van der Waals surface area (Å²) in [6.07, 6.45) is 4.79. The van der Waals surface area contributed by atoms with Crippen molar-refractivity contribution in [3.8, 4) is 5.75 Å². The Balaban J connectivity index is 2.95. The van der Waals surface area contributed by atoms with Crippen molar-refractivity contribution in [2.24, 2.45) is 5.41 Å². The van der Waals surface area contributed by atoms with Gasteiger partial charge in [-0.25, -0.2) is 0 Å². The van der Waals surface area contributed by atoms with Crippen molar-refractivity contribution in [3.05, 3.63) is 24.0 Å². The Kier molecular flexibility index (Phi) is 4.94. The van der Waals surface area contributed by atoms with Gasteiger partial charge in [-0.2, -0.15) is 0 Å². The lowest BCUT2D eigenvalue weighted by Crippen LogP contribution is -2.32. The number of rotatable bonds is 5. The van der Waals surface area contributed by atoms with Crippen LogP contribution in [-0.2, 0) is 0 Å². The lowest BCUT2D eigenvalue weighted by Gasteiger charge is -2.32. The molecule has 0 bridgehead atoms. The normalized spacial score (nSPS) is 13.5. The van der Waals surface area contributed by atoms with Gasteiger partial charge < -0.3 is 10.1 Å². The molecule has 0 saturated heterocycles. The van der Waals surface area contributed by atoms with Crippen LogP contribution in [0.2, 0.25) is 0 Å². The molecule has 1 rings (SSSR count). The zero-order valence-electron chi connectivity index (χ0n) is 11.6. The highest BCUT2D eigenvalue weighted by molar-refractivity contribution is 5.27. The fourth-order valence-electron chi connectivity index (χ4n) is 1.92. The molecule has 1 heterocycles. The van der Waals surface area contributed by atoms with E-state index in [0.29, 0.717) is 6.04 Å². The van der Waals surface area contributed by atoms with Crippen LogP contribution in [0.4, 0.5) is 0 Å². The predicted molar refractivity (Wildman–Crippen MR) is 71.3 cm³/mol. The number of hydrogen-bond donors (Lipinski definition) is 1. The molecule has 17 heavy (non-hydrogen) atoms. The zero-order chi connectivity index (χ0) is 12.9. The average molecular weight is 236 g/mol. The van der Waals surface area contributed by atoms with E-state index in [1.807, 2.05) is 6.20 Å². The first-order chi connectivity index (χ1) is 7.99. The fourth-order valence-corrected chi connectivity index (χ4v) is 1.92. The molecular formula is C14H24N2O. The summed E-state index contributed by atoms with van der Waals surface area (Å²) in [4.78, 5) is 4.23. The van der Waals surface area contributed by atoms with Crippen LogP contribution in [0.3, 0.4) is 0 Å². The summed E-state index contributed by atoms with van der Waals surface area (Å²) in [5, 5.41) is 3.58. The topological polar surface area (TPSA) is 34.2 Å². The van der Waals surface area contributed by atoms with Crippen molar-refractivity contribution in [2.75, 3.05) is 13.7 Å².